The summed E-state index contributed by atoms with van der Waals surface area (Å²) >= 11 is 0. The van der Waals surface area contributed by atoms with E-state index >= 15 is 0 Å². The van der Waals surface area contributed by atoms with Crippen molar-refractivity contribution in [3.63, 3.8) is 0 Å². The van der Waals surface area contributed by atoms with Crippen molar-refractivity contribution in [2.24, 2.45) is 5.10 Å². The molecule has 132 valence electrons. The molecule has 1 unspecified atom stereocenters. The SMILES string of the molecule is COc1cc(C2CC(c3ccc(O)c(C)c3)=NN2)cc(OC)c1OC. The topological polar surface area (TPSA) is 72.3 Å². The first-order chi connectivity index (χ1) is 12.1. The number of rotatable bonds is 5. The number of aromatic hydroxyl groups is 1. The van der Waals surface area contributed by atoms with Gasteiger partial charge in [0.05, 0.1) is 33.1 Å². The van der Waals surface area contributed by atoms with Gasteiger partial charge in [-0.05, 0) is 53.9 Å². The second kappa shape index (κ2) is 6.93. The molecule has 0 saturated heterocycles. The average Bonchev–Trinajstić information content (AvgIpc) is 3.12. The summed E-state index contributed by atoms with van der Waals surface area (Å²) in [5.74, 6) is 2.10. The number of hydrogen-bond donors (Lipinski definition) is 2. The third-order valence-corrected chi connectivity index (χ3v) is 4.37. The number of benzene rings is 2. The van der Waals surface area contributed by atoms with Gasteiger partial charge >= 0.3 is 0 Å². The molecule has 25 heavy (non-hydrogen) atoms. The lowest BCUT2D eigenvalue weighted by atomic mass is 9.97. The van der Waals surface area contributed by atoms with Crippen LogP contribution in [0.15, 0.2) is 35.4 Å². The molecule has 2 N–H and O–H groups in total. The van der Waals surface area contributed by atoms with Gasteiger partial charge in [0.1, 0.15) is 5.75 Å². The van der Waals surface area contributed by atoms with Gasteiger partial charge in [0.15, 0.2) is 11.5 Å². The van der Waals surface area contributed by atoms with E-state index in [1.165, 1.54) is 0 Å². The average molecular weight is 342 g/mol. The summed E-state index contributed by atoms with van der Waals surface area (Å²) in [6, 6.07) is 9.38. The molecule has 0 aromatic heterocycles. The van der Waals surface area contributed by atoms with Crippen LogP contribution in [0.5, 0.6) is 23.0 Å². The minimum atomic E-state index is 0.0119. The van der Waals surface area contributed by atoms with E-state index in [4.69, 9.17) is 14.2 Å². The highest BCUT2D eigenvalue weighted by atomic mass is 16.5. The summed E-state index contributed by atoms with van der Waals surface area (Å²) in [5, 5.41) is 14.1. The fourth-order valence-electron chi connectivity index (χ4n) is 2.95. The van der Waals surface area contributed by atoms with Gasteiger partial charge in [0, 0.05) is 6.42 Å². The van der Waals surface area contributed by atoms with Gasteiger partial charge in [0.25, 0.3) is 0 Å². The summed E-state index contributed by atoms with van der Waals surface area (Å²) in [6.45, 7) is 1.87. The Labute approximate surface area is 147 Å². The minimum Gasteiger partial charge on any atom is -0.508 e. The number of ether oxygens (including phenoxy) is 3. The largest absolute Gasteiger partial charge is 0.508 e. The second-order valence-corrected chi connectivity index (χ2v) is 5.90. The molecule has 0 aliphatic carbocycles. The lowest BCUT2D eigenvalue weighted by Crippen LogP contribution is -2.11. The molecule has 2 aromatic rings. The summed E-state index contributed by atoms with van der Waals surface area (Å²) in [5.41, 5.74) is 6.95. The molecule has 0 radical (unpaired) electrons. The maximum Gasteiger partial charge on any atom is 0.203 e. The smallest absolute Gasteiger partial charge is 0.203 e. The number of aryl methyl sites for hydroxylation is 1. The summed E-state index contributed by atoms with van der Waals surface area (Å²) in [7, 11) is 4.79. The Morgan fingerprint density at radius 3 is 2.28 bits per heavy atom. The van der Waals surface area contributed by atoms with Crippen LogP contribution in [0.4, 0.5) is 0 Å². The number of nitrogens with zero attached hydrogens (tertiary/aromatic N) is 1. The Kier molecular flexibility index (Phi) is 4.70. The fourth-order valence-corrected chi connectivity index (χ4v) is 2.95. The molecule has 0 amide bonds. The minimum absolute atomic E-state index is 0.0119. The zero-order valence-electron chi connectivity index (χ0n) is 14.8. The van der Waals surface area contributed by atoms with Crippen molar-refractivity contribution in [3.8, 4) is 23.0 Å². The standard InChI is InChI=1S/C19H22N2O4/c1-11-7-12(5-6-16(11)22)14-10-15(21-20-14)13-8-17(23-2)19(25-4)18(9-13)24-3/h5-9,15,21-22H,10H2,1-4H3. The Morgan fingerprint density at radius 2 is 1.72 bits per heavy atom. The number of phenolic OH excluding ortho intramolecular Hbond substituents is 1. The first kappa shape index (κ1) is 17.0. The summed E-state index contributed by atoms with van der Waals surface area (Å²) in [6.07, 6.45) is 0.725. The Hall–Kier alpha value is -2.89. The molecule has 0 bridgehead atoms. The first-order valence-electron chi connectivity index (χ1n) is 7.99. The van der Waals surface area contributed by atoms with Gasteiger partial charge in [-0.2, -0.15) is 5.10 Å². The molecule has 1 aliphatic rings. The number of phenols is 1. The summed E-state index contributed by atoms with van der Waals surface area (Å²) in [4.78, 5) is 0. The van der Waals surface area contributed by atoms with Crippen LogP contribution in [-0.4, -0.2) is 32.1 Å². The van der Waals surface area contributed by atoms with Gasteiger partial charge in [-0.15, -0.1) is 0 Å². The van der Waals surface area contributed by atoms with Crippen LogP contribution < -0.4 is 19.6 Å². The van der Waals surface area contributed by atoms with Gasteiger partial charge in [-0.25, -0.2) is 0 Å². The Balaban J connectivity index is 1.86. The van der Waals surface area contributed by atoms with Crippen LogP contribution in [0.25, 0.3) is 0 Å². The molecule has 1 aliphatic heterocycles. The van der Waals surface area contributed by atoms with Crippen LogP contribution >= 0.6 is 0 Å². The molecule has 6 nitrogen and oxygen atoms in total. The van der Waals surface area contributed by atoms with E-state index in [-0.39, 0.29) is 11.8 Å². The van der Waals surface area contributed by atoms with Crippen LogP contribution in [-0.2, 0) is 0 Å². The van der Waals surface area contributed by atoms with Crippen molar-refractivity contribution in [3.05, 3.63) is 47.0 Å². The van der Waals surface area contributed by atoms with E-state index in [1.54, 1.807) is 27.4 Å². The van der Waals surface area contributed by atoms with E-state index < -0.39 is 0 Å². The molecule has 2 aromatic carbocycles. The molecular weight excluding hydrogens is 320 g/mol. The first-order valence-corrected chi connectivity index (χ1v) is 7.99. The van der Waals surface area contributed by atoms with E-state index in [9.17, 15) is 5.11 Å². The van der Waals surface area contributed by atoms with Gasteiger partial charge in [0.2, 0.25) is 5.75 Å². The molecule has 1 atom stereocenters. The highest BCUT2D eigenvalue weighted by molar-refractivity contribution is 6.02. The lowest BCUT2D eigenvalue weighted by Gasteiger charge is -2.17. The number of methoxy groups -OCH3 is 3. The maximum absolute atomic E-state index is 9.69. The van der Waals surface area contributed by atoms with Crippen molar-refractivity contribution >= 4 is 5.71 Å². The predicted octanol–water partition coefficient (Wildman–Crippen LogP) is 3.17. The zero-order valence-corrected chi connectivity index (χ0v) is 14.8. The molecule has 0 fully saturated rings. The third-order valence-electron chi connectivity index (χ3n) is 4.37. The monoisotopic (exact) mass is 342 g/mol. The van der Waals surface area contributed by atoms with Crippen molar-refractivity contribution in [2.75, 3.05) is 21.3 Å². The van der Waals surface area contributed by atoms with Crippen molar-refractivity contribution in [2.45, 2.75) is 19.4 Å². The highest BCUT2D eigenvalue weighted by Gasteiger charge is 2.24. The quantitative estimate of drug-likeness (QED) is 0.873. The zero-order chi connectivity index (χ0) is 18.0. The summed E-state index contributed by atoms with van der Waals surface area (Å²) < 4.78 is 16.2. The van der Waals surface area contributed by atoms with Gasteiger partial charge < -0.3 is 24.7 Å². The van der Waals surface area contributed by atoms with Crippen LogP contribution in [0, 0.1) is 6.92 Å². The maximum atomic E-state index is 9.69. The third kappa shape index (κ3) is 3.20. The Morgan fingerprint density at radius 1 is 1.04 bits per heavy atom. The molecule has 6 heteroatoms. The van der Waals surface area contributed by atoms with Gasteiger partial charge in [-0.3, -0.25) is 0 Å². The van der Waals surface area contributed by atoms with Crippen LogP contribution in [0.1, 0.15) is 29.2 Å². The van der Waals surface area contributed by atoms with Crippen LogP contribution in [0.3, 0.4) is 0 Å². The number of hydrazone groups is 1. The van der Waals surface area contributed by atoms with E-state index in [0.29, 0.717) is 17.2 Å². The fraction of sp³-hybridized carbons (Fsp3) is 0.316. The van der Waals surface area contributed by atoms with E-state index in [0.717, 1.165) is 28.8 Å². The van der Waals surface area contributed by atoms with Gasteiger partial charge in [-0.1, -0.05) is 0 Å². The molecule has 0 saturated carbocycles. The predicted molar refractivity (Wildman–Crippen MR) is 96.0 cm³/mol. The normalized spacial score (nSPS) is 16.2. The van der Waals surface area contributed by atoms with Crippen molar-refractivity contribution < 1.29 is 19.3 Å². The number of hydrogen-bond acceptors (Lipinski definition) is 6. The van der Waals surface area contributed by atoms with E-state index in [1.807, 2.05) is 31.2 Å². The second-order valence-electron chi connectivity index (χ2n) is 5.90. The molecule has 0 spiro atoms. The van der Waals surface area contributed by atoms with Crippen LogP contribution in [0.2, 0.25) is 0 Å². The molecule has 1 heterocycles. The lowest BCUT2D eigenvalue weighted by molar-refractivity contribution is 0.323. The Bertz CT molecular complexity index is 792. The molecule has 3 rings (SSSR count). The van der Waals surface area contributed by atoms with Crippen molar-refractivity contribution in [1.82, 2.24) is 5.43 Å². The molecular formula is C19H22N2O4. The van der Waals surface area contributed by atoms with E-state index in [2.05, 4.69) is 10.5 Å². The number of nitrogens with one attached hydrogen (secondary N) is 1. The van der Waals surface area contributed by atoms with Crippen molar-refractivity contribution in [1.29, 1.82) is 0 Å². The highest BCUT2D eigenvalue weighted by Crippen LogP contribution is 2.41.